The molecule has 2 rings (SSSR count). The summed E-state index contributed by atoms with van der Waals surface area (Å²) in [4.78, 5) is 11.4. The molecule has 0 unspecified atom stereocenters. The molecule has 2 N–H and O–H groups in total. The lowest BCUT2D eigenvalue weighted by molar-refractivity contribution is 0.0594. The van der Waals surface area contributed by atoms with Crippen LogP contribution in [0.4, 0.5) is 5.69 Å². The number of nitrogens with zero attached hydrogens (tertiary/aromatic N) is 2. The van der Waals surface area contributed by atoms with Gasteiger partial charge < -0.3 is 15.2 Å². The summed E-state index contributed by atoms with van der Waals surface area (Å²) in [5.41, 5.74) is 6.17. The maximum Gasteiger partial charge on any atom is 0.360 e. The van der Waals surface area contributed by atoms with Gasteiger partial charge in [0, 0.05) is 19.2 Å². The van der Waals surface area contributed by atoms with Crippen molar-refractivity contribution >= 4 is 11.7 Å². The highest BCUT2D eigenvalue weighted by Gasteiger charge is 2.14. The Morgan fingerprint density at radius 3 is 2.80 bits per heavy atom. The third kappa shape index (κ3) is 3.50. The van der Waals surface area contributed by atoms with E-state index >= 15 is 0 Å². The zero-order chi connectivity index (χ0) is 14.4. The number of hydrogen-bond acceptors (Lipinski definition) is 5. The van der Waals surface area contributed by atoms with E-state index in [0.29, 0.717) is 18.8 Å². The van der Waals surface area contributed by atoms with Crippen molar-refractivity contribution in [3.05, 3.63) is 42.2 Å². The fraction of sp³-hybridized carbons (Fsp3) is 0.286. The Hall–Kier alpha value is -2.50. The van der Waals surface area contributed by atoms with Crippen molar-refractivity contribution in [2.45, 2.75) is 13.0 Å². The SMILES string of the molecule is COC(=O)c1nn(CCCOc2ccccc2)cc1N. The van der Waals surface area contributed by atoms with Crippen LogP contribution in [0.1, 0.15) is 16.9 Å². The van der Waals surface area contributed by atoms with E-state index in [1.807, 2.05) is 30.3 Å². The van der Waals surface area contributed by atoms with Crippen molar-refractivity contribution in [2.24, 2.45) is 0 Å². The van der Waals surface area contributed by atoms with Crippen molar-refractivity contribution < 1.29 is 14.3 Å². The van der Waals surface area contributed by atoms with E-state index in [2.05, 4.69) is 9.84 Å². The van der Waals surface area contributed by atoms with Crippen LogP contribution in [0.25, 0.3) is 0 Å². The molecule has 6 heteroatoms. The van der Waals surface area contributed by atoms with Crippen LogP contribution in [0.2, 0.25) is 0 Å². The van der Waals surface area contributed by atoms with Gasteiger partial charge in [0.25, 0.3) is 0 Å². The molecule has 0 bridgehead atoms. The Balaban J connectivity index is 1.81. The van der Waals surface area contributed by atoms with Crippen molar-refractivity contribution in [3.63, 3.8) is 0 Å². The lowest BCUT2D eigenvalue weighted by Gasteiger charge is -2.05. The zero-order valence-corrected chi connectivity index (χ0v) is 11.3. The molecule has 1 aromatic heterocycles. The highest BCUT2D eigenvalue weighted by Crippen LogP contribution is 2.11. The summed E-state index contributed by atoms with van der Waals surface area (Å²) in [6.45, 7) is 1.19. The highest BCUT2D eigenvalue weighted by atomic mass is 16.5. The average Bonchev–Trinajstić information content (AvgIpc) is 2.85. The van der Waals surface area contributed by atoms with Crippen molar-refractivity contribution in [1.29, 1.82) is 0 Å². The van der Waals surface area contributed by atoms with Gasteiger partial charge in [-0.1, -0.05) is 18.2 Å². The predicted octanol–water partition coefficient (Wildman–Crippen LogP) is 1.72. The Morgan fingerprint density at radius 1 is 1.35 bits per heavy atom. The molecule has 2 aromatic rings. The Bertz CT molecular complexity index is 566. The summed E-state index contributed by atoms with van der Waals surface area (Å²) in [5.74, 6) is 0.310. The number of benzene rings is 1. The number of nitrogen functional groups attached to an aromatic ring is 1. The third-order valence-electron chi connectivity index (χ3n) is 2.71. The normalized spacial score (nSPS) is 10.2. The number of rotatable bonds is 6. The van der Waals surface area contributed by atoms with E-state index in [1.54, 1.807) is 10.9 Å². The number of carbonyl (C=O) groups is 1. The maximum absolute atomic E-state index is 11.4. The molecule has 1 heterocycles. The molecule has 0 saturated heterocycles. The van der Waals surface area contributed by atoms with Crippen LogP contribution in [0.15, 0.2) is 36.5 Å². The van der Waals surface area contributed by atoms with E-state index < -0.39 is 5.97 Å². The second-order valence-electron chi connectivity index (χ2n) is 4.20. The second-order valence-corrected chi connectivity index (χ2v) is 4.20. The Labute approximate surface area is 117 Å². The first-order chi connectivity index (χ1) is 9.70. The molecule has 0 saturated carbocycles. The van der Waals surface area contributed by atoms with Gasteiger partial charge in [-0.05, 0) is 12.1 Å². The molecule has 106 valence electrons. The van der Waals surface area contributed by atoms with Crippen molar-refractivity contribution in [3.8, 4) is 5.75 Å². The lowest BCUT2D eigenvalue weighted by Crippen LogP contribution is -2.08. The topological polar surface area (TPSA) is 79.4 Å². The minimum Gasteiger partial charge on any atom is -0.494 e. The summed E-state index contributed by atoms with van der Waals surface area (Å²) in [7, 11) is 1.30. The van der Waals surface area contributed by atoms with E-state index in [0.717, 1.165) is 12.2 Å². The molecular weight excluding hydrogens is 258 g/mol. The molecular formula is C14H17N3O3. The third-order valence-corrected chi connectivity index (χ3v) is 2.71. The average molecular weight is 275 g/mol. The predicted molar refractivity (Wildman–Crippen MR) is 74.5 cm³/mol. The van der Waals surface area contributed by atoms with Gasteiger partial charge in [0.05, 0.1) is 19.4 Å². The zero-order valence-electron chi connectivity index (χ0n) is 11.3. The summed E-state index contributed by atoms with van der Waals surface area (Å²) < 4.78 is 11.8. The van der Waals surface area contributed by atoms with Gasteiger partial charge in [0.2, 0.25) is 0 Å². The highest BCUT2D eigenvalue weighted by molar-refractivity contribution is 5.92. The Kier molecular flexibility index (Phi) is 4.60. The van der Waals surface area contributed by atoms with Crippen LogP contribution < -0.4 is 10.5 Å². The second kappa shape index (κ2) is 6.60. The van der Waals surface area contributed by atoms with Gasteiger partial charge in [-0.25, -0.2) is 4.79 Å². The van der Waals surface area contributed by atoms with Crippen LogP contribution in [0, 0.1) is 0 Å². The van der Waals surface area contributed by atoms with E-state index in [4.69, 9.17) is 10.5 Å². The standard InChI is InChI=1S/C14H17N3O3/c1-19-14(18)13-12(15)10-17(16-13)8-5-9-20-11-6-3-2-4-7-11/h2-4,6-7,10H,5,8-9,15H2,1H3. The molecule has 0 aliphatic rings. The number of para-hydroxylation sites is 1. The monoisotopic (exact) mass is 275 g/mol. The molecule has 0 spiro atoms. The lowest BCUT2D eigenvalue weighted by atomic mass is 10.3. The van der Waals surface area contributed by atoms with Crippen molar-refractivity contribution in [2.75, 3.05) is 19.5 Å². The van der Waals surface area contributed by atoms with Crippen LogP contribution in [-0.2, 0) is 11.3 Å². The maximum atomic E-state index is 11.4. The van der Waals surface area contributed by atoms with Gasteiger partial charge in [-0.15, -0.1) is 0 Å². The first kappa shape index (κ1) is 13.9. The number of aromatic nitrogens is 2. The molecule has 6 nitrogen and oxygen atoms in total. The fourth-order valence-corrected chi connectivity index (χ4v) is 1.74. The van der Waals surface area contributed by atoms with Crippen LogP contribution in [-0.4, -0.2) is 29.5 Å². The molecule has 0 amide bonds. The number of nitrogens with two attached hydrogens (primary N) is 1. The van der Waals surface area contributed by atoms with Gasteiger partial charge in [0.15, 0.2) is 5.69 Å². The van der Waals surface area contributed by atoms with Gasteiger partial charge in [0.1, 0.15) is 5.75 Å². The van der Waals surface area contributed by atoms with Gasteiger partial charge >= 0.3 is 5.97 Å². The number of ether oxygens (including phenoxy) is 2. The molecule has 0 aliphatic carbocycles. The summed E-state index contributed by atoms with van der Waals surface area (Å²) >= 11 is 0. The van der Waals surface area contributed by atoms with Crippen LogP contribution in [0.5, 0.6) is 5.75 Å². The first-order valence-electron chi connectivity index (χ1n) is 6.30. The van der Waals surface area contributed by atoms with Crippen molar-refractivity contribution in [1.82, 2.24) is 9.78 Å². The van der Waals surface area contributed by atoms with E-state index in [1.165, 1.54) is 7.11 Å². The number of carbonyl (C=O) groups excluding carboxylic acids is 1. The minimum absolute atomic E-state index is 0.150. The fourth-order valence-electron chi connectivity index (χ4n) is 1.74. The van der Waals surface area contributed by atoms with Crippen LogP contribution in [0.3, 0.4) is 0 Å². The first-order valence-corrected chi connectivity index (χ1v) is 6.30. The summed E-state index contributed by atoms with van der Waals surface area (Å²) in [6.07, 6.45) is 2.38. The number of esters is 1. The number of methoxy groups -OCH3 is 1. The van der Waals surface area contributed by atoms with E-state index in [9.17, 15) is 4.79 Å². The minimum atomic E-state index is -0.526. The largest absolute Gasteiger partial charge is 0.494 e. The smallest absolute Gasteiger partial charge is 0.360 e. The quantitative estimate of drug-likeness (QED) is 0.641. The molecule has 20 heavy (non-hydrogen) atoms. The molecule has 0 atom stereocenters. The molecule has 0 aliphatic heterocycles. The number of aryl methyl sites for hydroxylation is 1. The van der Waals surface area contributed by atoms with Gasteiger partial charge in [-0.2, -0.15) is 5.10 Å². The molecule has 1 aromatic carbocycles. The number of hydrogen-bond donors (Lipinski definition) is 1. The summed E-state index contributed by atoms with van der Waals surface area (Å²) in [5, 5.41) is 4.09. The summed E-state index contributed by atoms with van der Waals surface area (Å²) in [6, 6.07) is 9.59. The number of anilines is 1. The van der Waals surface area contributed by atoms with Gasteiger partial charge in [-0.3, -0.25) is 4.68 Å². The Morgan fingerprint density at radius 2 is 2.10 bits per heavy atom. The molecule has 0 radical (unpaired) electrons. The van der Waals surface area contributed by atoms with Crippen LogP contribution >= 0.6 is 0 Å². The van der Waals surface area contributed by atoms with E-state index in [-0.39, 0.29) is 5.69 Å². The molecule has 0 fully saturated rings.